The van der Waals surface area contributed by atoms with Crippen LogP contribution in [0.2, 0.25) is 0 Å². The molecule has 7 heteroatoms. The van der Waals surface area contributed by atoms with E-state index in [4.69, 9.17) is 9.26 Å². The fraction of sp³-hybridized carbons (Fsp3) is 0.421. The molecular weight excluding hydrogens is 332 g/mol. The number of H-pyrrole nitrogens is 1. The molecule has 1 aromatic carbocycles. The molecule has 0 unspecified atom stereocenters. The number of amides is 1. The molecule has 3 heterocycles. The molecule has 3 aromatic rings. The minimum Gasteiger partial charge on any atom is -0.381 e. The second-order valence-corrected chi connectivity index (χ2v) is 6.65. The fourth-order valence-corrected chi connectivity index (χ4v) is 3.18. The van der Waals surface area contributed by atoms with Crippen molar-refractivity contribution in [2.45, 2.75) is 25.7 Å². The minimum atomic E-state index is 0.0176. The van der Waals surface area contributed by atoms with Crippen LogP contribution in [-0.4, -0.2) is 40.8 Å². The van der Waals surface area contributed by atoms with Gasteiger partial charge in [0, 0.05) is 49.9 Å². The van der Waals surface area contributed by atoms with Gasteiger partial charge in [0.1, 0.15) is 0 Å². The smallest absolute Gasteiger partial charge is 0.227 e. The van der Waals surface area contributed by atoms with Gasteiger partial charge in [-0.25, -0.2) is 0 Å². The SMILES string of the molecule is O=C(CCc1nc(-c2ccc3cc[nH]c3c2)no1)NCC1CCOCC1. The van der Waals surface area contributed by atoms with Crippen molar-refractivity contribution in [3.8, 4) is 11.4 Å². The normalized spacial score (nSPS) is 15.4. The van der Waals surface area contributed by atoms with Crippen molar-refractivity contribution in [3.05, 3.63) is 36.4 Å². The number of fused-ring (bicyclic) bond motifs is 1. The Kier molecular flexibility index (Phi) is 4.97. The van der Waals surface area contributed by atoms with Crippen LogP contribution in [0, 0.1) is 5.92 Å². The predicted octanol–water partition coefficient (Wildman–Crippen LogP) is 2.69. The number of hydrogen-bond donors (Lipinski definition) is 2. The third-order valence-electron chi connectivity index (χ3n) is 4.78. The number of rotatable bonds is 6. The zero-order chi connectivity index (χ0) is 17.8. The molecule has 0 atom stereocenters. The van der Waals surface area contributed by atoms with Gasteiger partial charge in [0.05, 0.1) is 0 Å². The van der Waals surface area contributed by atoms with Crippen LogP contribution < -0.4 is 5.32 Å². The molecule has 0 bridgehead atoms. The van der Waals surface area contributed by atoms with Crippen molar-refractivity contribution < 1.29 is 14.1 Å². The molecule has 2 aromatic heterocycles. The molecule has 1 amide bonds. The van der Waals surface area contributed by atoms with Crippen LogP contribution in [0.1, 0.15) is 25.2 Å². The number of carbonyl (C=O) groups excluding carboxylic acids is 1. The number of benzene rings is 1. The van der Waals surface area contributed by atoms with Crippen LogP contribution in [0.15, 0.2) is 35.0 Å². The lowest BCUT2D eigenvalue weighted by molar-refractivity contribution is -0.121. The van der Waals surface area contributed by atoms with Crippen LogP contribution in [0.3, 0.4) is 0 Å². The predicted molar refractivity (Wildman–Crippen MR) is 96.5 cm³/mol. The standard InChI is InChI=1S/C19H22N4O3/c24-17(21-12-13-6-9-25-10-7-13)3-4-18-22-19(23-26-18)15-2-1-14-5-8-20-16(14)11-15/h1-2,5,8,11,13,20H,3-4,6-7,9-10,12H2,(H,21,24). The zero-order valence-electron chi connectivity index (χ0n) is 14.5. The summed E-state index contributed by atoms with van der Waals surface area (Å²) in [5.41, 5.74) is 1.92. The number of hydrogen-bond acceptors (Lipinski definition) is 5. The first kappa shape index (κ1) is 16.8. The van der Waals surface area contributed by atoms with Crippen molar-refractivity contribution >= 4 is 16.8 Å². The maximum Gasteiger partial charge on any atom is 0.227 e. The number of ether oxygens (including phenoxy) is 1. The summed E-state index contributed by atoms with van der Waals surface area (Å²) in [5, 5.41) is 8.16. The van der Waals surface area contributed by atoms with E-state index in [1.807, 2.05) is 30.5 Å². The number of aromatic amines is 1. The highest BCUT2D eigenvalue weighted by molar-refractivity contribution is 5.83. The summed E-state index contributed by atoms with van der Waals surface area (Å²) in [5.74, 6) is 1.56. The molecule has 0 aliphatic carbocycles. The topological polar surface area (TPSA) is 93.0 Å². The molecule has 4 rings (SSSR count). The van der Waals surface area contributed by atoms with Gasteiger partial charge < -0.3 is 19.6 Å². The summed E-state index contributed by atoms with van der Waals surface area (Å²) in [6.07, 6.45) is 4.71. The lowest BCUT2D eigenvalue weighted by atomic mass is 10.0. The van der Waals surface area contributed by atoms with Crippen molar-refractivity contribution in [1.82, 2.24) is 20.4 Å². The Morgan fingerprint density at radius 1 is 1.27 bits per heavy atom. The van der Waals surface area contributed by atoms with E-state index in [-0.39, 0.29) is 5.91 Å². The molecule has 1 saturated heterocycles. The average Bonchev–Trinajstić information content (AvgIpc) is 3.34. The van der Waals surface area contributed by atoms with Gasteiger partial charge in [0.25, 0.3) is 0 Å². The van der Waals surface area contributed by atoms with Crippen LogP contribution in [0.4, 0.5) is 0 Å². The van der Waals surface area contributed by atoms with Gasteiger partial charge >= 0.3 is 0 Å². The zero-order valence-corrected chi connectivity index (χ0v) is 14.5. The van der Waals surface area contributed by atoms with Gasteiger partial charge in [0.2, 0.25) is 17.6 Å². The molecule has 0 spiro atoms. The second-order valence-electron chi connectivity index (χ2n) is 6.65. The summed E-state index contributed by atoms with van der Waals surface area (Å²) >= 11 is 0. The molecule has 1 aliphatic heterocycles. The van der Waals surface area contributed by atoms with Crippen LogP contribution in [-0.2, 0) is 16.0 Å². The molecule has 7 nitrogen and oxygen atoms in total. The highest BCUT2D eigenvalue weighted by Gasteiger charge is 2.15. The first-order chi connectivity index (χ1) is 12.8. The van der Waals surface area contributed by atoms with Gasteiger partial charge in [-0.1, -0.05) is 17.3 Å². The molecule has 26 heavy (non-hydrogen) atoms. The Balaban J connectivity index is 1.29. The van der Waals surface area contributed by atoms with Gasteiger partial charge in [-0.3, -0.25) is 4.79 Å². The monoisotopic (exact) mass is 354 g/mol. The maximum atomic E-state index is 12.0. The second kappa shape index (κ2) is 7.70. The number of aromatic nitrogens is 3. The Hall–Kier alpha value is -2.67. The first-order valence-corrected chi connectivity index (χ1v) is 9.02. The van der Waals surface area contributed by atoms with E-state index in [2.05, 4.69) is 20.4 Å². The quantitative estimate of drug-likeness (QED) is 0.710. The number of nitrogens with one attached hydrogen (secondary N) is 2. The van der Waals surface area contributed by atoms with Crippen LogP contribution in [0.5, 0.6) is 0 Å². The van der Waals surface area contributed by atoms with Crippen LogP contribution >= 0.6 is 0 Å². The van der Waals surface area contributed by atoms with E-state index in [0.717, 1.165) is 42.5 Å². The van der Waals surface area contributed by atoms with E-state index in [1.165, 1.54) is 0 Å². The summed E-state index contributed by atoms with van der Waals surface area (Å²) in [6.45, 7) is 2.30. The molecule has 0 radical (unpaired) electrons. The summed E-state index contributed by atoms with van der Waals surface area (Å²) in [4.78, 5) is 19.6. The van der Waals surface area contributed by atoms with Crippen molar-refractivity contribution in [2.24, 2.45) is 5.92 Å². The summed E-state index contributed by atoms with van der Waals surface area (Å²) in [7, 11) is 0. The molecule has 0 saturated carbocycles. The average molecular weight is 354 g/mol. The van der Waals surface area contributed by atoms with Crippen molar-refractivity contribution in [2.75, 3.05) is 19.8 Å². The Morgan fingerprint density at radius 2 is 2.15 bits per heavy atom. The molecule has 1 aliphatic rings. The highest BCUT2D eigenvalue weighted by Crippen LogP contribution is 2.21. The third kappa shape index (κ3) is 3.94. The lowest BCUT2D eigenvalue weighted by Gasteiger charge is -2.22. The van der Waals surface area contributed by atoms with E-state index in [0.29, 0.717) is 37.0 Å². The third-order valence-corrected chi connectivity index (χ3v) is 4.78. The number of aryl methyl sites for hydroxylation is 1. The molecule has 2 N–H and O–H groups in total. The van der Waals surface area contributed by atoms with Gasteiger partial charge in [-0.05, 0) is 36.3 Å². The summed E-state index contributed by atoms with van der Waals surface area (Å²) < 4.78 is 10.6. The van der Waals surface area contributed by atoms with E-state index in [9.17, 15) is 4.79 Å². The Morgan fingerprint density at radius 3 is 3.04 bits per heavy atom. The molecular formula is C19H22N4O3. The van der Waals surface area contributed by atoms with Gasteiger partial charge in [-0.2, -0.15) is 4.98 Å². The number of nitrogens with zero attached hydrogens (tertiary/aromatic N) is 2. The van der Waals surface area contributed by atoms with Crippen molar-refractivity contribution in [1.29, 1.82) is 0 Å². The first-order valence-electron chi connectivity index (χ1n) is 9.02. The number of carbonyl (C=O) groups is 1. The molecule has 136 valence electrons. The van der Waals surface area contributed by atoms with E-state index >= 15 is 0 Å². The van der Waals surface area contributed by atoms with Gasteiger partial charge in [-0.15, -0.1) is 0 Å². The minimum absolute atomic E-state index is 0.0176. The highest BCUT2D eigenvalue weighted by atomic mass is 16.5. The summed E-state index contributed by atoms with van der Waals surface area (Å²) in [6, 6.07) is 7.98. The van der Waals surface area contributed by atoms with E-state index in [1.54, 1.807) is 0 Å². The lowest BCUT2D eigenvalue weighted by Crippen LogP contribution is -2.32. The van der Waals surface area contributed by atoms with E-state index < -0.39 is 0 Å². The Bertz CT molecular complexity index is 880. The largest absolute Gasteiger partial charge is 0.381 e. The Labute approximate surface area is 151 Å². The molecule has 1 fully saturated rings. The van der Waals surface area contributed by atoms with Crippen LogP contribution in [0.25, 0.3) is 22.3 Å². The van der Waals surface area contributed by atoms with Gasteiger partial charge in [0.15, 0.2) is 0 Å². The fourth-order valence-electron chi connectivity index (χ4n) is 3.18. The van der Waals surface area contributed by atoms with Crippen molar-refractivity contribution in [3.63, 3.8) is 0 Å². The maximum absolute atomic E-state index is 12.0.